The van der Waals surface area contributed by atoms with Gasteiger partial charge in [-0.25, -0.2) is 8.42 Å². The second-order valence-corrected chi connectivity index (χ2v) is 6.68. The first-order chi connectivity index (χ1) is 9.33. The van der Waals surface area contributed by atoms with Crippen molar-refractivity contribution in [2.45, 2.75) is 13.0 Å². The Kier molecular flexibility index (Phi) is 5.90. The normalized spacial score (nSPS) is 11.3. The first kappa shape index (κ1) is 16.4. The Morgan fingerprint density at radius 1 is 1.40 bits per heavy atom. The Bertz CT molecular complexity index is 571. The van der Waals surface area contributed by atoms with Crippen molar-refractivity contribution >= 4 is 15.5 Å². The summed E-state index contributed by atoms with van der Waals surface area (Å²) < 4.78 is 27.3. The molecular formula is C12H18N2O5S. The molecule has 0 saturated heterocycles. The van der Waals surface area contributed by atoms with Crippen molar-refractivity contribution in [3.05, 3.63) is 33.9 Å². The molecule has 20 heavy (non-hydrogen) atoms. The molecule has 0 amide bonds. The first-order valence-corrected chi connectivity index (χ1v) is 8.12. The van der Waals surface area contributed by atoms with Crippen molar-refractivity contribution in [2.24, 2.45) is 0 Å². The Morgan fingerprint density at radius 3 is 2.65 bits per heavy atom. The van der Waals surface area contributed by atoms with Crippen molar-refractivity contribution in [1.29, 1.82) is 0 Å². The third-order valence-corrected chi connectivity index (χ3v) is 3.55. The molecule has 0 aliphatic carbocycles. The molecule has 0 unspecified atom stereocenters. The topological polar surface area (TPSA) is 98.5 Å². The van der Waals surface area contributed by atoms with Crippen LogP contribution in [0.1, 0.15) is 12.0 Å². The lowest BCUT2D eigenvalue weighted by Gasteiger charge is -2.08. The number of benzene rings is 1. The molecule has 1 rings (SSSR count). The fourth-order valence-electron chi connectivity index (χ4n) is 1.64. The lowest BCUT2D eigenvalue weighted by Crippen LogP contribution is -2.09. The standard InChI is InChI=1S/C12H18N2O5S/c1-13-9-10-4-5-11(14(15)16)12(8-10)19-6-3-7-20(2,17)18/h4-5,8,13H,3,6-7,9H2,1-2H3. The zero-order valence-corrected chi connectivity index (χ0v) is 12.3. The van der Waals surface area contributed by atoms with Gasteiger partial charge in [0.1, 0.15) is 9.84 Å². The SMILES string of the molecule is CNCc1ccc([N+](=O)[O-])c(OCCCS(C)(=O)=O)c1. The summed E-state index contributed by atoms with van der Waals surface area (Å²) in [5, 5.41) is 13.8. The number of nitro groups is 1. The predicted molar refractivity (Wildman–Crippen MR) is 75.7 cm³/mol. The van der Waals surface area contributed by atoms with Gasteiger partial charge in [-0.15, -0.1) is 0 Å². The van der Waals surface area contributed by atoms with Gasteiger partial charge in [0.15, 0.2) is 5.75 Å². The van der Waals surface area contributed by atoms with Crippen molar-refractivity contribution in [3.63, 3.8) is 0 Å². The lowest BCUT2D eigenvalue weighted by atomic mass is 10.2. The van der Waals surface area contributed by atoms with E-state index >= 15 is 0 Å². The van der Waals surface area contributed by atoms with E-state index in [9.17, 15) is 18.5 Å². The summed E-state index contributed by atoms with van der Waals surface area (Å²) in [4.78, 5) is 10.4. The van der Waals surface area contributed by atoms with Crippen LogP contribution in [0.3, 0.4) is 0 Å². The summed E-state index contributed by atoms with van der Waals surface area (Å²) in [5.41, 5.74) is 0.737. The van der Waals surface area contributed by atoms with Crippen LogP contribution < -0.4 is 10.1 Å². The Morgan fingerprint density at radius 2 is 2.10 bits per heavy atom. The van der Waals surface area contributed by atoms with Crippen molar-refractivity contribution < 1.29 is 18.1 Å². The van der Waals surface area contributed by atoms with Crippen LogP contribution in [-0.2, 0) is 16.4 Å². The molecule has 0 aliphatic heterocycles. The third-order valence-electron chi connectivity index (χ3n) is 2.52. The van der Waals surface area contributed by atoms with Crippen LogP contribution in [0.4, 0.5) is 5.69 Å². The highest BCUT2D eigenvalue weighted by Gasteiger charge is 2.15. The van der Waals surface area contributed by atoms with Crippen molar-refractivity contribution in [2.75, 3.05) is 25.7 Å². The number of nitrogens with one attached hydrogen (secondary N) is 1. The molecule has 112 valence electrons. The molecule has 0 fully saturated rings. The van der Waals surface area contributed by atoms with Gasteiger partial charge in [0, 0.05) is 18.9 Å². The van der Waals surface area contributed by atoms with E-state index in [4.69, 9.17) is 4.74 Å². The van der Waals surface area contributed by atoms with Crippen LogP contribution in [0.15, 0.2) is 18.2 Å². The van der Waals surface area contributed by atoms with E-state index in [-0.39, 0.29) is 23.8 Å². The van der Waals surface area contributed by atoms with E-state index < -0.39 is 14.8 Å². The van der Waals surface area contributed by atoms with Gasteiger partial charge in [0.25, 0.3) is 0 Å². The minimum atomic E-state index is -3.05. The molecule has 1 aromatic carbocycles. The number of sulfone groups is 1. The second-order valence-electron chi connectivity index (χ2n) is 4.42. The molecule has 0 radical (unpaired) electrons. The Hall–Kier alpha value is -1.67. The van der Waals surface area contributed by atoms with Gasteiger partial charge in [-0.2, -0.15) is 0 Å². The summed E-state index contributed by atoms with van der Waals surface area (Å²) in [6, 6.07) is 4.63. The molecule has 0 heterocycles. The van der Waals surface area contributed by atoms with Gasteiger partial charge in [-0.3, -0.25) is 10.1 Å². The number of hydrogen-bond donors (Lipinski definition) is 1. The monoisotopic (exact) mass is 302 g/mol. The van der Waals surface area contributed by atoms with Gasteiger partial charge in [-0.05, 0) is 25.1 Å². The molecule has 7 nitrogen and oxygen atoms in total. The number of rotatable bonds is 8. The average molecular weight is 302 g/mol. The summed E-state index contributed by atoms with van der Waals surface area (Å²) in [5.74, 6) is 0.160. The molecule has 0 bridgehead atoms. The van der Waals surface area contributed by atoms with Crippen LogP contribution in [0, 0.1) is 10.1 Å². The quantitative estimate of drug-likeness (QED) is 0.439. The lowest BCUT2D eigenvalue weighted by molar-refractivity contribution is -0.385. The molecule has 0 saturated carbocycles. The predicted octanol–water partition coefficient (Wildman–Crippen LogP) is 1.13. The van der Waals surface area contributed by atoms with Gasteiger partial charge < -0.3 is 10.1 Å². The van der Waals surface area contributed by atoms with Crippen LogP contribution in [0.5, 0.6) is 5.75 Å². The Labute approximate surface area is 118 Å². The van der Waals surface area contributed by atoms with Crippen LogP contribution in [0.25, 0.3) is 0 Å². The number of nitrogens with zero attached hydrogens (tertiary/aromatic N) is 1. The fourth-order valence-corrected chi connectivity index (χ4v) is 2.28. The van der Waals surface area contributed by atoms with Crippen LogP contribution >= 0.6 is 0 Å². The minimum Gasteiger partial charge on any atom is -0.487 e. The largest absolute Gasteiger partial charge is 0.487 e. The molecule has 0 aromatic heterocycles. The fraction of sp³-hybridized carbons (Fsp3) is 0.500. The highest BCUT2D eigenvalue weighted by molar-refractivity contribution is 7.90. The maximum Gasteiger partial charge on any atom is 0.310 e. The van der Waals surface area contributed by atoms with Gasteiger partial charge in [0.2, 0.25) is 0 Å². The molecule has 0 spiro atoms. The molecule has 8 heteroatoms. The van der Waals surface area contributed by atoms with Crippen molar-refractivity contribution in [3.8, 4) is 5.75 Å². The molecule has 1 aromatic rings. The molecule has 0 atom stereocenters. The molecular weight excluding hydrogens is 284 g/mol. The van der Waals surface area contributed by atoms with Crippen molar-refractivity contribution in [1.82, 2.24) is 5.32 Å². The molecule has 1 N–H and O–H groups in total. The third kappa shape index (κ3) is 5.54. The van der Waals surface area contributed by atoms with E-state index in [0.29, 0.717) is 13.0 Å². The highest BCUT2D eigenvalue weighted by Crippen LogP contribution is 2.28. The van der Waals surface area contributed by atoms with Gasteiger partial charge >= 0.3 is 5.69 Å². The van der Waals surface area contributed by atoms with E-state index in [1.54, 1.807) is 19.2 Å². The van der Waals surface area contributed by atoms with Crippen LogP contribution in [0.2, 0.25) is 0 Å². The zero-order chi connectivity index (χ0) is 15.2. The number of ether oxygens (including phenoxy) is 1. The summed E-state index contributed by atoms with van der Waals surface area (Å²) in [6.45, 7) is 0.689. The highest BCUT2D eigenvalue weighted by atomic mass is 32.2. The first-order valence-electron chi connectivity index (χ1n) is 6.06. The maximum atomic E-state index is 11.0. The summed E-state index contributed by atoms with van der Waals surface area (Å²) in [6.07, 6.45) is 1.44. The summed E-state index contributed by atoms with van der Waals surface area (Å²) in [7, 11) is -1.27. The van der Waals surface area contributed by atoms with E-state index in [0.717, 1.165) is 11.8 Å². The van der Waals surface area contributed by atoms with Gasteiger partial charge in [-0.1, -0.05) is 6.07 Å². The van der Waals surface area contributed by atoms with Gasteiger partial charge in [0.05, 0.1) is 17.3 Å². The average Bonchev–Trinajstić information content (AvgIpc) is 2.34. The minimum absolute atomic E-state index is 0.00297. The smallest absolute Gasteiger partial charge is 0.310 e. The van der Waals surface area contributed by atoms with E-state index in [2.05, 4.69) is 5.32 Å². The number of nitro benzene ring substituents is 1. The zero-order valence-electron chi connectivity index (χ0n) is 11.5. The maximum absolute atomic E-state index is 11.0. The molecule has 0 aliphatic rings. The summed E-state index contributed by atoms with van der Waals surface area (Å²) >= 11 is 0. The second kappa shape index (κ2) is 7.20. The van der Waals surface area contributed by atoms with E-state index in [1.807, 2.05) is 0 Å². The Balaban J connectivity index is 2.74. The van der Waals surface area contributed by atoms with Crippen LogP contribution in [-0.4, -0.2) is 39.0 Å². The van der Waals surface area contributed by atoms with E-state index in [1.165, 1.54) is 6.07 Å². The number of hydrogen-bond acceptors (Lipinski definition) is 6.